The van der Waals surface area contributed by atoms with Crippen molar-refractivity contribution in [2.75, 3.05) is 38.7 Å². The number of benzene rings is 1. The van der Waals surface area contributed by atoms with Gasteiger partial charge in [-0.25, -0.2) is 4.68 Å². The van der Waals surface area contributed by atoms with Crippen molar-refractivity contribution in [1.29, 1.82) is 0 Å². The number of aromatic nitrogens is 2. The van der Waals surface area contributed by atoms with E-state index in [1.165, 1.54) is 13.3 Å². The first-order chi connectivity index (χ1) is 13.9. The number of hydrogen-bond donors (Lipinski definition) is 1. The number of methoxy groups -OCH3 is 1. The number of para-hydroxylation sites is 1. The number of nitrogens with zero attached hydrogens (tertiary/aromatic N) is 3. The molecule has 0 aliphatic carbocycles. The smallest absolute Gasteiger partial charge is 0.410 e. The third-order valence-corrected chi connectivity index (χ3v) is 5.28. The van der Waals surface area contributed by atoms with E-state index in [1.807, 2.05) is 0 Å². The van der Waals surface area contributed by atoms with Crippen molar-refractivity contribution in [3.63, 3.8) is 0 Å². The van der Waals surface area contributed by atoms with Crippen LogP contribution in [0.4, 0.5) is 19.0 Å². The third kappa shape index (κ3) is 3.64. The van der Waals surface area contributed by atoms with Gasteiger partial charge >= 0.3 is 6.18 Å². The fraction of sp³-hybridized carbons (Fsp3) is 0.474. The number of amides is 1. The van der Waals surface area contributed by atoms with E-state index in [1.54, 1.807) is 29.2 Å². The van der Waals surface area contributed by atoms with Crippen molar-refractivity contribution in [3.8, 4) is 5.75 Å². The summed E-state index contributed by atoms with van der Waals surface area (Å²) in [5, 5.41) is 7.02. The van der Waals surface area contributed by atoms with E-state index in [0.29, 0.717) is 37.6 Å². The van der Waals surface area contributed by atoms with Crippen molar-refractivity contribution in [2.24, 2.45) is 0 Å². The molecule has 2 aromatic rings. The van der Waals surface area contributed by atoms with E-state index in [9.17, 15) is 18.0 Å². The molecule has 1 aromatic carbocycles. The molecule has 29 heavy (non-hydrogen) atoms. The average Bonchev–Trinajstić information content (AvgIpc) is 3.16. The monoisotopic (exact) mass is 410 g/mol. The topological polar surface area (TPSA) is 68.6 Å². The number of rotatable bonds is 3. The number of alkyl halides is 3. The van der Waals surface area contributed by atoms with Crippen LogP contribution in [-0.4, -0.2) is 60.2 Å². The van der Waals surface area contributed by atoms with E-state index >= 15 is 0 Å². The molecule has 1 amide bonds. The minimum atomic E-state index is -4.51. The van der Waals surface area contributed by atoms with Gasteiger partial charge in [-0.1, -0.05) is 18.2 Å². The summed E-state index contributed by atoms with van der Waals surface area (Å²) in [7, 11) is 1.47. The second-order valence-electron chi connectivity index (χ2n) is 6.99. The molecule has 156 valence electrons. The predicted octanol–water partition coefficient (Wildman–Crippen LogP) is 3.02. The molecule has 0 spiro atoms. The van der Waals surface area contributed by atoms with Crippen molar-refractivity contribution < 1.29 is 27.4 Å². The molecule has 0 bridgehead atoms. The molecular weight excluding hydrogens is 389 g/mol. The van der Waals surface area contributed by atoms with Crippen LogP contribution in [0.3, 0.4) is 0 Å². The van der Waals surface area contributed by atoms with Gasteiger partial charge in [0.1, 0.15) is 17.1 Å². The third-order valence-electron chi connectivity index (χ3n) is 5.28. The molecule has 10 heteroatoms. The Hall–Kier alpha value is -2.75. The zero-order valence-electron chi connectivity index (χ0n) is 15.8. The summed E-state index contributed by atoms with van der Waals surface area (Å²) in [5.41, 5.74) is 0.724. The lowest BCUT2D eigenvalue weighted by Gasteiger charge is -2.35. The maximum atomic E-state index is 13.8. The van der Waals surface area contributed by atoms with Crippen LogP contribution < -0.4 is 10.1 Å². The number of carbonyl (C=O) groups excluding carboxylic acids is 1. The van der Waals surface area contributed by atoms with Gasteiger partial charge in [0.05, 0.1) is 32.6 Å². The van der Waals surface area contributed by atoms with Gasteiger partial charge in [-0.2, -0.15) is 18.3 Å². The largest absolute Gasteiger partial charge is 0.496 e. The molecule has 1 fully saturated rings. The summed E-state index contributed by atoms with van der Waals surface area (Å²) in [4.78, 5) is 14.5. The Labute approximate surface area is 165 Å². The molecule has 1 N–H and O–H groups in total. The van der Waals surface area contributed by atoms with Crippen LogP contribution >= 0.6 is 0 Å². The molecule has 3 heterocycles. The van der Waals surface area contributed by atoms with Gasteiger partial charge in [0.2, 0.25) is 0 Å². The van der Waals surface area contributed by atoms with Crippen molar-refractivity contribution in [2.45, 2.75) is 24.7 Å². The first kappa shape index (κ1) is 19.6. The van der Waals surface area contributed by atoms with Gasteiger partial charge in [0.15, 0.2) is 6.04 Å². The van der Waals surface area contributed by atoms with Crippen LogP contribution in [0.2, 0.25) is 0 Å². The zero-order valence-corrected chi connectivity index (χ0v) is 15.8. The van der Waals surface area contributed by atoms with Gasteiger partial charge in [-0.15, -0.1) is 0 Å². The Balaban J connectivity index is 1.73. The quantitative estimate of drug-likeness (QED) is 0.843. The van der Waals surface area contributed by atoms with Gasteiger partial charge in [-0.3, -0.25) is 4.79 Å². The van der Waals surface area contributed by atoms with Gasteiger partial charge in [0, 0.05) is 25.1 Å². The average molecular weight is 410 g/mol. The molecule has 2 atom stereocenters. The summed E-state index contributed by atoms with van der Waals surface area (Å²) in [5.74, 6) is 0.203. The maximum Gasteiger partial charge on any atom is 0.410 e. The standard InChI is InChI=1S/C19H21F3N4O3/c1-28-15-5-3-2-4-12(15)14-10-16(19(20,21)22)26-17(24-14)13(11-23-26)18(27)25-6-8-29-9-7-25/h2-5,11,14,16,24H,6-10H2,1H3/t14-,16-/m1/s1. The number of halogens is 3. The number of fused-ring (bicyclic) bond motifs is 1. The molecule has 1 saturated heterocycles. The van der Waals surface area contributed by atoms with Crippen molar-refractivity contribution in [1.82, 2.24) is 14.7 Å². The summed E-state index contributed by atoms with van der Waals surface area (Å²) in [6, 6.07) is 4.39. The van der Waals surface area contributed by atoms with Crippen LogP contribution in [0, 0.1) is 0 Å². The first-order valence-corrected chi connectivity index (χ1v) is 9.31. The summed E-state index contributed by atoms with van der Waals surface area (Å²) in [6.07, 6.45) is -3.56. The number of ether oxygens (including phenoxy) is 2. The number of carbonyl (C=O) groups is 1. The lowest BCUT2D eigenvalue weighted by atomic mass is 9.95. The summed E-state index contributed by atoms with van der Waals surface area (Å²) >= 11 is 0. The number of morpholine rings is 1. The molecule has 4 rings (SSSR count). The van der Waals surface area contributed by atoms with Crippen LogP contribution in [0.5, 0.6) is 5.75 Å². The van der Waals surface area contributed by atoms with Crippen molar-refractivity contribution in [3.05, 3.63) is 41.6 Å². The predicted molar refractivity (Wildman–Crippen MR) is 98.0 cm³/mol. The van der Waals surface area contributed by atoms with Crippen molar-refractivity contribution >= 4 is 11.7 Å². The minimum absolute atomic E-state index is 0.0750. The molecular formula is C19H21F3N4O3. The second-order valence-corrected chi connectivity index (χ2v) is 6.99. The lowest BCUT2D eigenvalue weighted by molar-refractivity contribution is -0.173. The van der Waals surface area contributed by atoms with Crippen LogP contribution in [0.25, 0.3) is 0 Å². The highest BCUT2D eigenvalue weighted by molar-refractivity contribution is 5.99. The SMILES string of the molecule is COc1ccccc1[C@H]1C[C@H](C(F)(F)F)n2ncc(C(=O)N3CCOCC3)c2N1. The Kier molecular flexibility index (Phi) is 5.12. The summed E-state index contributed by atoms with van der Waals surface area (Å²) < 4.78 is 52.9. The Morgan fingerprint density at radius 3 is 2.69 bits per heavy atom. The van der Waals surface area contributed by atoms with Gasteiger partial charge in [0.25, 0.3) is 5.91 Å². The van der Waals surface area contributed by atoms with E-state index in [-0.39, 0.29) is 23.7 Å². The minimum Gasteiger partial charge on any atom is -0.496 e. The molecule has 0 unspecified atom stereocenters. The Morgan fingerprint density at radius 1 is 1.28 bits per heavy atom. The highest BCUT2D eigenvalue weighted by Gasteiger charge is 2.47. The van der Waals surface area contributed by atoms with E-state index < -0.39 is 18.3 Å². The highest BCUT2D eigenvalue weighted by Crippen LogP contribution is 2.45. The lowest BCUT2D eigenvalue weighted by Crippen LogP contribution is -2.41. The second kappa shape index (κ2) is 7.58. The van der Waals surface area contributed by atoms with Gasteiger partial charge in [-0.05, 0) is 6.07 Å². The van der Waals surface area contributed by atoms with Crippen LogP contribution in [0.1, 0.15) is 34.4 Å². The Morgan fingerprint density at radius 2 is 2.00 bits per heavy atom. The molecule has 7 nitrogen and oxygen atoms in total. The van der Waals surface area contributed by atoms with E-state index in [0.717, 1.165) is 4.68 Å². The van der Waals surface area contributed by atoms with Crippen LogP contribution in [0.15, 0.2) is 30.5 Å². The van der Waals surface area contributed by atoms with Crippen LogP contribution in [-0.2, 0) is 4.74 Å². The Bertz CT molecular complexity index is 893. The number of nitrogens with one attached hydrogen (secondary N) is 1. The fourth-order valence-electron chi connectivity index (χ4n) is 3.81. The number of anilines is 1. The zero-order chi connectivity index (χ0) is 20.6. The molecule has 2 aliphatic rings. The molecule has 1 aromatic heterocycles. The maximum absolute atomic E-state index is 13.8. The number of hydrogen-bond acceptors (Lipinski definition) is 5. The fourth-order valence-corrected chi connectivity index (χ4v) is 3.81. The highest BCUT2D eigenvalue weighted by atomic mass is 19.4. The van der Waals surface area contributed by atoms with Gasteiger partial charge < -0.3 is 19.7 Å². The molecule has 2 aliphatic heterocycles. The van der Waals surface area contributed by atoms with E-state index in [2.05, 4.69) is 10.4 Å². The summed E-state index contributed by atoms with van der Waals surface area (Å²) in [6.45, 7) is 1.58. The normalized spacial score (nSPS) is 22.0. The molecule has 0 saturated carbocycles. The van der Waals surface area contributed by atoms with E-state index in [4.69, 9.17) is 9.47 Å². The first-order valence-electron chi connectivity index (χ1n) is 9.31. The molecule has 0 radical (unpaired) electrons.